The van der Waals surface area contributed by atoms with Gasteiger partial charge >= 0.3 is 0 Å². The van der Waals surface area contributed by atoms with Crippen molar-refractivity contribution in [2.24, 2.45) is 0 Å². The minimum absolute atomic E-state index is 0.676. The van der Waals surface area contributed by atoms with Crippen molar-refractivity contribution in [3.63, 3.8) is 0 Å². The molecule has 0 saturated heterocycles. The van der Waals surface area contributed by atoms with Gasteiger partial charge in [-0.1, -0.05) is 48.5 Å². The first-order chi connectivity index (χ1) is 12.8. The van der Waals surface area contributed by atoms with Gasteiger partial charge in [-0.05, 0) is 30.3 Å². The summed E-state index contributed by atoms with van der Waals surface area (Å²) < 4.78 is 10.6. The molecule has 0 unspecified atom stereocenters. The molecule has 0 fully saturated rings. The van der Waals surface area contributed by atoms with Crippen molar-refractivity contribution in [2.75, 3.05) is 11.1 Å². The normalized spacial score (nSPS) is 10.5. The van der Waals surface area contributed by atoms with Gasteiger partial charge in [0, 0.05) is 16.5 Å². The summed E-state index contributed by atoms with van der Waals surface area (Å²) in [6.45, 7) is 0. The van der Waals surface area contributed by atoms with E-state index in [1.54, 1.807) is 6.07 Å². The molecule has 5 aromatic rings. The molecule has 0 aliphatic carbocycles. The summed E-state index contributed by atoms with van der Waals surface area (Å²) in [7, 11) is 0. The predicted molar refractivity (Wildman–Crippen MR) is 107 cm³/mol. The predicted octanol–water partition coefficient (Wildman–Crippen LogP) is 6.19. The van der Waals surface area contributed by atoms with Crippen LogP contribution in [-0.2, 0) is 0 Å². The fraction of sp³-hybridized carbons (Fsp3) is 0. The molecule has 128 valence electrons. The van der Waals surface area contributed by atoms with E-state index in [9.17, 15) is 0 Å². The Bertz CT molecular complexity index is 1110. The summed E-state index contributed by atoms with van der Waals surface area (Å²) in [4.78, 5) is 0. The van der Waals surface area contributed by atoms with E-state index >= 15 is 0 Å². The molecule has 0 radical (unpaired) electrons. The molecule has 26 heavy (non-hydrogen) atoms. The number of nitrogens with one attached hydrogen (secondary N) is 1. The molecule has 0 spiro atoms. The SMILES string of the molecule is Nc1ccoc1.c1ccc(Nc2cccc3c2oc2ccccc23)cc1. The van der Waals surface area contributed by atoms with Crippen LogP contribution in [-0.4, -0.2) is 0 Å². The first-order valence-electron chi connectivity index (χ1n) is 8.31. The van der Waals surface area contributed by atoms with E-state index < -0.39 is 0 Å². The van der Waals surface area contributed by atoms with Crippen LogP contribution in [0.3, 0.4) is 0 Å². The molecule has 0 aliphatic heterocycles. The number of nitrogens with two attached hydrogens (primary N) is 1. The van der Waals surface area contributed by atoms with Gasteiger partial charge in [0.1, 0.15) is 11.8 Å². The molecule has 0 bridgehead atoms. The number of furan rings is 2. The fourth-order valence-corrected chi connectivity index (χ4v) is 2.80. The zero-order chi connectivity index (χ0) is 17.8. The van der Waals surface area contributed by atoms with Crippen molar-refractivity contribution >= 4 is 39.0 Å². The molecule has 0 atom stereocenters. The van der Waals surface area contributed by atoms with Crippen molar-refractivity contribution in [3.05, 3.63) is 91.4 Å². The van der Waals surface area contributed by atoms with Gasteiger partial charge < -0.3 is 19.9 Å². The highest BCUT2D eigenvalue weighted by molar-refractivity contribution is 6.09. The van der Waals surface area contributed by atoms with Crippen LogP contribution in [0.25, 0.3) is 21.9 Å². The molecular weight excluding hydrogens is 324 g/mol. The highest BCUT2D eigenvalue weighted by Crippen LogP contribution is 2.34. The van der Waals surface area contributed by atoms with Crippen LogP contribution in [0.15, 0.2) is 100 Å². The molecule has 0 aliphatic rings. The number of fused-ring (bicyclic) bond motifs is 3. The van der Waals surface area contributed by atoms with Gasteiger partial charge in [0.2, 0.25) is 0 Å². The maximum absolute atomic E-state index is 5.99. The van der Waals surface area contributed by atoms with E-state index in [1.807, 2.05) is 54.6 Å². The fourth-order valence-electron chi connectivity index (χ4n) is 2.80. The smallest absolute Gasteiger partial charge is 0.158 e. The third kappa shape index (κ3) is 3.26. The van der Waals surface area contributed by atoms with Gasteiger partial charge in [-0.3, -0.25) is 0 Å². The van der Waals surface area contributed by atoms with Gasteiger partial charge in [0.25, 0.3) is 0 Å². The second-order valence-corrected chi connectivity index (χ2v) is 5.83. The molecule has 5 rings (SSSR count). The Morgan fingerprint density at radius 1 is 0.731 bits per heavy atom. The average Bonchev–Trinajstić information content (AvgIpc) is 3.30. The molecule has 4 nitrogen and oxygen atoms in total. The Labute approximate surface area is 150 Å². The van der Waals surface area contributed by atoms with Crippen LogP contribution < -0.4 is 11.1 Å². The lowest BCUT2D eigenvalue weighted by atomic mass is 10.1. The number of para-hydroxylation sites is 3. The molecule has 0 saturated carbocycles. The van der Waals surface area contributed by atoms with Crippen LogP contribution in [0.2, 0.25) is 0 Å². The molecular formula is C22H18N2O2. The molecule has 3 N–H and O–H groups in total. The summed E-state index contributed by atoms with van der Waals surface area (Å²) in [5.74, 6) is 0. The lowest BCUT2D eigenvalue weighted by Crippen LogP contribution is -1.89. The lowest BCUT2D eigenvalue weighted by molar-refractivity contribution is 0.568. The first-order valence-corrected chi connectivity index (χ1v) is 8.31. The summed E-state index contributed by atoms with van der Waals surface area (Å²) in [6.07, 6.45) is 3.02. The van der Waals surface area contributed by atoms with Crippen molar-refractivity contribution in [1.82, 2.24) is 0 Å². The second kappa shape index (κ2) is 7.07. The number of nitrogen functional groups attached to an aromatic ring is 1. The van der Waals surface area contributed by atoms with E-state index in [2.05, 4.69) is 27.9 Å². The van der Waals surface area contributed by atoms with Gasteiger partial charge in [-0.2, -0.15) is 0 Å². The molecule has 0 amide bonds. The maximum atomic E-state index is 5.99. The van der Waals surface area contributed by atoms with Crippen LogP contribution in [0, 0.1) is 0 Å². The molecule has 2 aromatic heterocycles. The van der Waals surface area contributed by atoms with Crippen LogP contribution in [0.5, 0.6) is 0 Å². The van der Waals surface area contributed by atoms with Crippen molar-refractivity contribution in [3.8, 4) is 0 Å². The third-order valence-corrected chi connectivity index (χ3v) is 4.00. The van der Waals surface area contributed by atoms with E-state index in [4.69, 9.17) is 10.2 Å². The Morgan fingerprint density at radius 3 is 2.23 bits per heavy atom. The number of rotatable bonds is 2. The zero-order valence-corrected chi connectivity index (χ0v) is 14.1. The molecule has 3 aromatic carbocycles. The van der Waals surface area contributed by atoms with Crippen molar-refractivity contribution in [2.45, 2.75) is 0 Å². The minimum atomic E-state index is 0.676. The second-order valence-electron chi connectivity index (χ2n) is 5.83. The Kier molecular flexibility index (Phi) is 4.31. The van der Waals surface area contributed by atoms with E-state index in [0.717, 1.165) is 33.3 Å². The van der Waals surface area contributed by atoms with Gasteiger partial charge in [-0.25, -0.2) is 0 Å². The van der Waals surface area contributed by atoms with Gasteiger partial charge in [0.05, 0.1) is 17.6 Å². The zero-order valence-electron chi connectivity index (χ0n) is 14.1. The quantitative estimate of drug-likeness (QED) is 0.401. The first kappa shape index (κ1) is 15.8. The van der Waals surface area contributed by atoms with E-state index in [-0.39, 0.29) is 0 Å². The molecule has 2 heterocycles. The lowest BCUT2D eigenvalue weighted by Gasteiger charge is -2.06. The Balaban J connectivity index is 0.000000240. The van der Waals surface area contributed by atoms with Crippen molar-refractivity contribution in [1.29, 1.82) is 0 Å². The summed E-state index contributed by atoms with van der Waals surface area (Å²) >= 11 is 0. The van der Waals surface area contributed by atoms with Crippen molar-refractivity contribution < 1.29 is 8.83 Å². The van der Waals surface area contributed by atoms with E-state index in [0.29, 0.717) is 5.69 Å². The Hall–Kier alpha value is -3.66. The number of benzene rings is 3. The summed E-state index contributed by atoms with van der Waals surface area (Å²) in [5.41, 5.74) is 9.73. The number of anilines is 3. The summed E-state index contributed by atoms with van der Waals surface area (Å²) in [5, 5.41) is 5.71. The maximum Gasteiger partial charge on any atom is 0.158 e. The largest absolute Gasteiger partial charge is 0.470 e. The minimum Gasteiger partial charge on any atom is -0.470 e. The van der Waals surface area contributed by atoms with E-state index in [1.165, 1.54) is 12.5 Å². The van der Waals surface area contributed by atoms with Crippen LogP contribution in [0.4, 0.5) is 17.1 Å². The van der Waals surface area contributed by atoms with Gasteiger partial charge in [-0.15, -0.1) is 0 Å². The Morgan fingerprint density at radius 2 is 1.50 bits per heavy atom. The topological polar surface area (TPSA) is 64.3 Å². The highest BCUT2D eigenvalue weighted by atomic mass is 16.3. The summed E-state index contributed by atoms with van der Waals surface area (Å²) in [6, 6.07) is 26.1. The average molecular weight is 342 g/mol. The molecule has 4 heteroatoms. The standard InChI is InChI=1S/C18H13NO.C4H5NO/c1-2-7-13(8-3-1)19-16-11-6-10-15-14-9-4-5-12-17(14)20-18(15)16;5-4-1-2-6-3-4/h1-12,19H;1-3H,5H2. The number of hydrogen-bond acceptors (Lipinski definition) is 4. The third-order valence-electron chi connectivity index (χ3n) is 4.00. The number of hydrogen-bond donors (Lipinski definition) is 2. The van der Waals surface area contributed by atoms with Gasteiger partial charge in [0.15, 0.2) is 5.58 Å². The van der Waals surface area contributed by atoms with Crippen LogP contribution in [0.1, 0.15) is 0 Å². The van der Waals surface area contributed by atoms with Crippen LogP contribution >= 0.6 is 0 Å². The highest BCUT2D eigenvalue weighted by Gasteiger charge is 2.09. The monoisotopic (exact) mass is 342 g/mol.